The number of hydrogen-bond donors (Lipinski definition) is 1. The predicted octanol–water partition coefficient (Wildman–Crippen LogP) is 3.76. The molecule has 0 spiro atoms. The van der Waals surface area contributed by atoms with E-state index in [-0.39, 0.29) is 0 Å². The minimum absolute atomic E-state index is 0.565. The van der Waals surface area contributed by atoms with Gasteiger partial charge < -0.3 is 10.2 Å². The third kappa shape index (κ3) is 3.80. The summed E-state index contributed by atoms with van der Waals surface area (Å²) in [6.07, 6.45) is -2.28. The fraction of sp³-hybridized carbons (Fsp3) is 0.500. The number of nitrogens with zero attached hydrogens (tertiary/aromatic N) is 1. The summed E-state index contributed by atoms with van der Waals surface area (Å²) in [5, 5.41) is 4.03. The largest absolute Gasteiger partial charge is 0.416 e. The minimum Gasteiger partial charge on any atom is -0.314 e. The van der Waals surface area contributed by atoms with Crippen molar-refractivity contribution >= 4 is 21.4 Å². The Bertz CT molecular complexity index is 630. The number of hydrogen-bond acceptors (Lipinski definition) is 3. The Hall–Kier alpha value is -1.11. The Morgan fingerprint density at radius 2 is 1.91 bits per heavy atom. The van der Waals surface area contributed by atoms with Crippen LogP contribution in [0.1, 0.15) is 16.9 Å². The Labute approximate surface area is 131 Å². The lowest BCUT2D eigenvalue weighted by Gasteiger charge is -2.26. The second-order valence-electron chi connectivity index (χ2n) is 5.66. The molecule has 1 aromatic heterocycles. The highest BCUT2D eigenvalue weighted by molar-refractivity contribution is 7.19. The zero-order valence-corrected chi connectivity index (χ0v) is 13.1. The van der Waals surface area contributed by atoms with Crippen molar-refractivity contribution in [1.29, 1.82) is 0 Å². The Kier molecular flexibility index (Phi) is 4.70. The molecule has 0 unspecified atom stereocenters. The van der Waals surface area contributed by atoms with Gasteiger partial charge in [0, 0.05) is 35.8 Å². The maximum Gasteiger partial charge on any atom is 0.416 e. The number of benzene rings is 1. The Balaban J connectivity index is 1.62. The number of rotatable bonds is 4. The summed E-state index contributed by atoms with van der Waals surface area (Å²) in [6.45, 7) is 5.32. The summed E-state index contributed by atoms with van der Waals surface area (Å²) < 4.78 is 39.1. The molecule has 6 heteroatoms. The Morgan fingerprint density at radius 3 is 2.64 bits per heavy atom. The highest BCUT2D eigenvalue weighted by atomic mass is 32.1. The van der Waals surface area contributed by atoms with Gasteiger partial charge in [0.15, 0.2) is 0 Å². The molecule has 0 atom stereocenters. The van der Waals surface area contributed by atoms with Gasteiger partial charge in [-0.3, -0.25) is 0 Å². The smallest absolute Gasteiger partial charge is 0.314 e. The molecule has 1 aliphatic heterocycles. The lowest BCUT2D eigenvalue weighted by molar-refractivity contribution is -0.137. The van der Waals surface area contributed by atoms with E-state index in [1.54, 1.807) is 17.4 Å². The van der Waals surface area contributed by atoms with Crippen LogP contribution in [0.4, 0.5) is 13.2 Å². The average molecular weight is 328 g/mol. The number of piperazine rings is 1. The first-order chi connectivity index (χ1) is 10.5. The fourth-order valence-corrected chi connectivity index (χ4v) is 3.90. The Morgan fingerprint density at radius 1 is 1.14 bits per heavy atom. The monoisotopic (exact) mass is 328 g/mol. The van der Waals surface area contributed by atoms with Crippen LogP contribution < -0.4 is 5.32 Å². The first-order valence-corrected chi connectivity index (χ1v) is 8.37. The van der Waals surface area contributed by atoms with E-state index in [2.05, 4.69) is 10.2 Å². The topological polar surface area (TPSA) is 15.3 Å². The first kappa shape index (κ1) is 15.8. The number of alkyl halides is 3. The van der Waals surface area contributed by atoms with Crippen LogP contribution in [-0.4, -0.2) is 37.6 Å². The molecule has 1 N–H and O–H groups in total. The van der Waals surface area contributed by atoms with Crippen LogP contribution in [0.2, 0.25) is 0 Å². The lowest BCUT2D eigenvalue weighted by Crippen LogP contribution is -2.43. The van der Waals surface area contributed by atoms with Crippen LogP contribution in [0.3, 0.4) is 0 Å². The number of nitrogens with one attached hydrogen (secondary N) is 1. The zero-order chi connectivity index (χ0) is 15.6. The highest BCUT2D eigenvalue weighted by Crippen LogP contribution is 2.34. The van der Waals surface area contributed by atoms with Gasteiger partial charge in [-0.25, -0.2) is 0 Å². The van der Waals surface area contributed by atoms with E-state index >= 15 is 0 Å². The van der Waals surface area contributed by atoms with Gasteiger partial charge in [-0.15, -0.1) is 11.3 Å². The van der Waals surface area contributed by atoms with Gasteiger partial charge in [0.2, 0.25) is 0 Å². The van der Waals surface area contributed by atoms with E-state index in [0.717, 1.165) is 50.3 Å². The fourth-order valence-electron chi connectivity index (χ4n) is 2.81. The summed E-state index contributed by atoms with van der Waals surface area (Å²) >= 11 is 1.60. The molecule has 2 heterocycles. The van der Waals surface area contributed by atoms with Gasteiger partial charge in [-0.05, 0) is 49.0 Å². The van der Waals surface area contributed by atoms with Crippen molar-refractivity contribution in [2.24, 2.45) is 0 Å². The normalized spacial score (nSPS) is 17.2. The van der Waals surface area contributed by atoms with Crippen molar-refractivity contribution in [3.8, 4) is 0 Å². The summed E-state index contributed by atoms with van der Waals surface area (Å²) in [7, 11) is 0. The summed E-state index contributed by atoms with van der Waals surface area (Å²) in [5.41, 5.74) is -0.565. The molecular formula is C16H19F3N2S. The summed E-state index contributed by atoms with van der Waals surface area (Å²) in [6, 6.07) is 5.92. The van der Waals surface area contributed by atoms with E-state index in [0.29, 0.717) is 5.39 Å². The first-order valence-electron chi connectivity index (χ1n) is 7.55. The van der Waals surface area contributed by atoms with Crippen molar-refractivity contribution in [1.82, 2.24) is 10.2 Å². The van der Waals surface area contributed by atoms with Crippen molar-refractivity contribution in [2.45, 2.75) is 19.0 Å². The van der Waals surface area contributed by atoms with E-state index in [9.17, 15) is 13.2 Å². The number of halogens is 3. The van der Waals surface area contributed by atoms with E-state index in [1.165, 1.54) is 17.0 Å². The molecule has 2 nitrogen and oxygen atoms in total. The summed E-state index contributed by atoms with van der Waals surface area (Å²) in [5.74, 6) is 0. The number of aryl methyl sites for hydroxylation is 1. The van der Waals surface area contributed by atoms with Gasteiger partial charge >= 0.3 is 6.18 Å². The van der Waals surface area contributed by atoms with Crippen LogP contribution in [0.25, 0.3) is 10.1 Å². The van der Waals surface area contributed by atoms with Crippen LogP contribution in [0.15, 0.2) is 24.3 Å². The second-order valence-corrected chi connectivity index (χ2v) is 6.83. The maximum atomic E-state index is 12.7. The van der Waals surface area contributed by atoms with E-state index in [1.807, 2.05) is 6.07 Å². The van der Waals surface area contributed by atoms with Gasteiger partial charge in [0.1, 0.15) is 0 Å². The molecule has 0 saturated carbocycles. The highest BCUT2D eigenvalue weighted by Gasteiger charge is 2.30. The SMILES string of the molecule is FC(F)(F)c1ccc2sc(CCCN3CCNCC3)cc2c1. The predicted molar refractivity (Wildman–Crippen MR) is 84.5 cm³/mol. The standard InChI is InChI=1S/C16H19F3N2S/c17-16(18,19)13-3-4-15-12(10-13)11-14(22-15)2-1-7-21-8-5-20-6-9-21/h3-4,10-11,20H,1-2,5-9H2. The molecule has 3 rings (SSSR count). The van der Waals surface area contributed by atoms with Crippen molar-refractivity contribution < 1.29 is 13.2 Å². The lowest BCUT2D eigenvalue weighted by atomic mass is 10.1. The molecule has 1 fully saturated rings. The molecule has 22 heavy (non-hydrogen) atoms. The molecule has 0 aliphatic carbocycles. The van der Waals surface area contributed by atoms with Crippen molar-refractivity contribution in [2.75, 3.05) is 32.7 Å². The van der Waals surface area contributed by atoms with Gasteiger partial charge in [0.05, 0.1) is 5.56 Å². The molecule has 1 saturated heterocycles. The van der Waals surface area contributed by atoms with Crippen LogP contribution >= 0.6 is 11.3 Å². The van der Waals surface area contributed by atoms with Gasteiger partial charge in [0.25, 0.3) is 0 Å². The van der Waals surface area contributed by atoms with Crippen LogP contribution in [-0.2, 0) is 12.6 Å². The van der Waals surface area contributed by atoms with Crippen LogP contribution in [0, 0.1) is 0 Å². The quantitative estimate of drug-likeness (QED) is 0.919. The second kappa shape index (κ2) is 6.56. The van der Waals surface area contributed by atoms with Gasteiger partial charge in [-0.2, -0.15) is 13.2 Å². The third-order valence-corrected chi connectivity index (χ3v) is 5.18. The molecule has 0 amide bonds. The number of thiophene rings is 1. The molecule has 1 aliphatic rings. The molecular weight excluding hydrogens is 309 g/mol. The van der Waals surface area contributed by atoms with Gasteiger partial charge in [-0.1, -0.05) is 0 Å². The minimum atomic E-state index is -4.27. The van der Waals surface area contributed by atoms with Crippen LogP contribution in [0.5, 0.6) is 0 Å². The molecule has 1 aromatic carbocycles. The average Bonchev–Trinajstić information content (AvgIpc) is 2.89. The number of fused-ring (bicyclic) bond motifs is 1. The molecule has 2 aromatic rings. The van der Waals surface area contributed by atoms with E-state index in [4.69, 9.17) is 0 Å². The third-order valence-electron chi connectivity index (χ3n) is 4.00. The van der Waals surface area contributed by atoms with E-state index < -0.39 is 11.7 Å². The maximum absolute atomic E-state index is 12.7. The zero-order valence-electron chi connectivity index (χ0n) is 12.2. The molecule has 120 valence electrons. The van der Waals surface area contributed by atoms with Crippen molar-refractivity contribution in [3.63, 3.8) is 0 Å². The summed E-state index contributed by atoms with van der Waals surface area (Å²) in [4.78, 5) is 3.61. The molecule has 0 radical (unpaired) electrons. The van der Waals surface area contributed by atoms with Crippen molar-refractivity contribution in [3.05, 3.63) is 34.7 Å². The molecule has 0 bridgehead atoms.